The molecule has 2 heteroatoms. The van der Waals surface area contributed by atoms with Crippen LogP contribution in [0, 0.1) is 5.92 Å². The summed E-state index contributed by atoms with van der Waals surface area (Å²) >= 11 is 2.10. The van der Waals surface area contributed by atoms with Crippen LogP contribution in [0.2, 0.25) is 0 Å². The van der Waals surface area contributed by atoms with Gasteiger partial charge in [-0.05, 0) is 25.3 Å². The number of hydrogen-bond donors (Lipinski definition) is 1. The molecule has 0 aromatic heterocycles. The van der Waals surface area contributed by atoms with Gasteiger partial charge in [0, 0.05) is 5.25 Å². The van der Waals surface area contributed by atoms with Gasteiger partial charge in [-0.3, -0.25) is 0 Å². The van der Waals surface area contributed by atoms with Gasteiger partial charge in [-0.2, -0.15) is 0 Å². The fourth-order valence-corrected chi connectivity index (χ4v) is 2.94. The van der Waals surface area contributed by atoms with Crippen LogP contribution in [0.15, 0.2) is 0 Å². The third kappa shape index (κ3) is 3.48. The summed E-state index contributed by atoms with van der Waals surface area (Å²) in [6.45, 7) is 8.13. The minimum Gasteiger partial charge on any atom is -0.305 e. The van der Waals surface area contributed by atoms with Crippen molar-refractivity contribution in [2.75, 3.05) is 6.54 Å². The Balaban J connectivity index is 2.23. The maximum atomic E-state index is 3.54. The predicted molar refractivity (Wildman–Crippen MR) is 52.9 cm³/mol. The second-order valence-electron chi connectivity index (χ2n) is 3.81. The van der Waals surface area contributed by atoms with Crippen molar-refractivity contribution in [1.29, 1.82) is 0 Å². The van der Waals surface area contributed by atoms with E-state index >= 15 is 0 Å². The van der Waals surface area contributed by atoms with Crippen LogP contribution in [0.1, 0.15) is 33.6 Å². The molecule has 2 atom stereocenters. The van der Waals surface area contributed by atoms with E-state index in [-0.39, 0.29) is 0 Å². The Morgan fingerprint density at radius 1 is 1.55 bits per heavy atom. The number of rotatable bonds is 2. The van der Waals surface area contributed by atoms with Crippen molar-refractivity contribution >= 4 is 11.8 Å². The molecule has 0 bridgehead atoms. The summed E-state index contributed by atoms with van der Waals surface area (Å²) in [4.78, 5) is 0. The van der Waals surface area contributed by atoms with Gasteiger partial charge in [0.15, 0.2) is 0 Å². The first kappa shape index (κ1) is 9.40. The lowest BCUT2D eigenvalue weighted by Crippen LogP contribution is -2.35. The highest BCUT2D eigenvalue weighted by molar-refractivity contribution is 8.00. The van der Waals surface area contributed by atoms with Crippen molar-refractivity contribution in [3.8, 4) is 0 Å². The molecule has 1 aliphatic rings. The van der Waals surface area contributed by atoms with E-state index in [9.17, 15) is 0 Å². The van der Waals surface area contributed by atoms with E-state index < -0.39 is 0 Å². The van der Waals surface area contributed by atoms with Gasteiger partial charge in [-0.1, -0.05) is 20.8 Å². The predicted octanol–water partition coefficient (Wildman–Crippen LogP) is 2.47. The summed E-state index contributed by atoms with van der Waals surface area (Å²) in [5.74, 6) is 0.824. The third-order valence-corrected chi connectivity index (χ3v) is 3.39. The minimum absolute atomic E-state index is 0.721. The molecule has 2 unspecified atom stereocenters. The Morgan fingerprint density at radius 3 is 2.82 bits per heavy atom. The van der Waals surface area contributed by atoms with Gasteiger partial charge in [0.1, 0.15) is 0 Å². The van der Waals surface area contributed by atoms with Crippen LogP contribution in [0.25, 0.3) is 0 Å². The molecule has 1 rings (SSSR count). The van der Waals surface area contributed by atoms with Gasteiger partial charge in [0.2, 0.25) is 0 Å². The van der Waals surface area contributed by atoms with E-state index in [0.29, 0.717) is 0 Å². The van der Waals surface area contributed by atoms with Crippen LogP contribution in [0.3, 0.4) is 0 Å². The molecule has 1 heterocycles. The second kappa shape index (κ2) is 4.36. The molecule has 0 aliphatic carbocycles. The van der Waals surface area contributed by atoms with Crippen LogP contribution >= 0.6 is 11.8 Å². The van der Waals surface area contributed by atoms with Gasteiger partial charge in [0.25, 0.3) is 0 Å². The second-order valence-corrected chi connectivity index (χ2v) is 5.45. The molecule has 0 aromatic rings. The highest BCUT2D eigenvalue weighted by atomic mass is 32.2. The van der Waals surface area contributed by atoms with Crippen LogP contribution in [0.4, 0.5) is 0 Å². The van der Waals surface area contributed by atoms with Gasteiger partial charge in [0.05, 0.1) is 5.37 Å². The van der Waals surface area contributed by atoms with Crippen LogP contribution < -0.4 is 5.32 Å². The average molecular weight is 173 g/mol. The first-order chi connectivity index (χ1) is 5.18. The lowest BCUT2D eigenvalue weighted by molar-refractivity contribution is 0.490. The number of hydrogen-bond acceptors (Lipinski definition) is 2. The lowest BCUT2D eigenvalue weighted by atomic mass is 10.1. The fraction of sp³-hybridized carbons (Fsp3) is 1.00. The highest BCUT2D eigenvalue weighted by Crippen LogP contribution is 2.26. The summed E-state index contributed by atoms with van der Waals surface area (Å²) in [7, 11) is 0. The molecule has 1 aliphatic heterocycles. The molecule has 1 N–H and O–H groups in total. The first-order valence-electron chi connectivity index (χ1n) is 4.57. The van der Waals surface area contributed by atoms with Crippen LogP contribution in [0.5, 0.6) is 0 Å². The van der Waals surface area contributed by atoms with Crippen molar-refractivity contribution < 1.29 is 0 Å². The van der Waals surface area contributed by atoms with E-state index in [1.165, 1.54) is 19.4 Å². The summed E-state index contributed by atoms with van der Waals surface area (Å²) in [5, 5.41) is 5.13. The first-order valence-corrected chi connectivity index (χ1v) is 5.51. The molecular formula is C9H19NS. The van der Waals surface area contributed by atoms with Gasteiger partial charge < -0.3 is 5.32 Å². The topological polar surface area (TPSA) is 12.0 Å². The molecular weight excluding hydrogens is 154 g/mol. The molecule has 0 amide bonds. The molecule has 1 fully saturated rings. The van der Waals surface area contributed by atoms with Gasteiger partial charge in [-0.15, -0.1) is 11.8 Å². The number of thioether (sulfide) groups is 1. The SMILES string of the molecule is CC(C)CC1NCCC(C)S1. The zero-order chi connectivity index (χ0) is 8.27. The molecule has 1 nitrogen and oxygen atoms in total. The number of nitrogens with one attached hydrogen (secondary N) is 1. The molecule has 11 heavy (non-hydrogen) atoms. The zero-order valence-electron chi connectivity index (χ0n) is 7.76. The Hall–Kier alpha value is 0.310. The molecule has 0 spiro atoms. The molecule has 0 radical (unpaired) electrons. The molecule has 0 aromatic carbocycles. The van der Waals surface area contributed by atoms with Gasteiger partial charge >= 0.3 is 0 Å². The van der Waals surface area contributed by atoms with Crippen LogP contribution in [-0.4, -0.2) is 17.2 Å². The van der Waals surface area contributed by atoms with Crippen molar-refractivity contribution in [2.24, 2.45) is 5.92 Å². The smallest absolute Gasteiger partial charge is 0.0537 e. The van der Waals surface area contributed by atoms with Crippen molar-refractivity contribution in [3.63, 3.8) is 0 Å². The highest BCUT2D eigenvalue weighted by Gasteiger charge is 2.18. The van der Waals surface area contributed by atoms with Crippen molar-refractivity contribution in [3.05, 3.63) is 0 Å². The largest absolute Gasteiger partial charge is 0.305 e. The van der Waals surface area contributed by atoms with Gasteiger partial charge in [-0.25, -0.2) is 0 Å². The Labute approximate surface area is 74.3 Å². The van der Waals surface area contributed by atoms with E-state index in [2.05, 4.69) is 37.8 Å². The summed E-state index contributed by atoms with van der Waals surface area (Å²) in [6, 6.07) is 0. The molecule has 1 saturated heterocycles. The van der Waals surface area contributed by atoms with E-state index in [0.717, 1.165) is 16.5 Å². The minimum atomic E-state index is 0.721. The zero-order valence-corrected chi connectivity index (χ0v) is 8.58. The van der Waals surface area contributed by atoms with Crippen molar-refractivity contribution in [1.82, 2.24) is 5.32 Å². The monoisotopic (exact) mass is 173 g/mol. The summed E-state index contributed by atoms with van der Waals surface area (Å²) in [5.41, 5.74) is 0. The lowest BCUT2D eigenvalue weighted by Gasteiger charge is -2.28. The summed E-state index contributed by atoms with van der Waals surface area (Å²) in [6.07, 6.45) is 2.65. The standard InChI is InChI=1S/C9H19NS/c1-7(2)6-9-10-5-4-8(3)11-9/h7-10H,4-6H2,1-3H3. The van der Waals surface area contributed by atoms with Crippen molar-refractivity contribution in [2.45, 2.75) is 44.2 Å². The van der Waals surface area contributed by atoms with Crippen LogP contribution in [-0.2, 0) is 0 Å². The Morgan fingerprint density at radius 2 is 2.27 bits per heavy atom. The van der Waals surface area contributed by atoms with E-state index in [1.54, 1.807) is 0 Å². The quantitative estimate of drug-likeness (QED) is 0.688. The maximum absolute atomic E-state index is 3.54. The Bertz CT molecular complexity index is 112. The third-order valence-electron chi connectivity index (χ3n) is 2.00. The molecule has 66 valence electrons. The molecule has 0 saturated carbocycles. The fourth-order valence-electron chi connectivity index (χ4n) is 1.41. The summed E-state index contributed by atoms with van der Waals surface area (Å²) < 4.78 is 0. The maximum Gasteiger partial charge on any atom is 0.0537 e. The average Bonchev–Trinajstić information content (AvgIpc) is 1.85. The normalized spacial score (nSPS) is 32.7. The Kier molecular flexibility index (Phi) is 3.73. The van der Waals surface area contributed by atoms with E-state index in [4.69, 9.17) is 0 Å². The van der Waals surface area contributed by atoms with E-state index in [1.807, 2.05) is 0 Å².